The Morgan fingerprint density at radius 3 is 1.50 bits per heavy atom. The van der Waals surface area contributed by atoms with E-state index in [0.29, 0.717) is 11.5 Å². The zero-order chi connectivity index (χ0) is 37.6. The summed E-state index contributed by atoms with van der Waals surface area (Å²) in [6.07, 6.45) is -0.850. The predicted molar refractivity (Wildman–Crippen MR) is 211 cm³/mol. The first-order valence-corrected chi connectivity index (χ1v) is 19.2. The van der Waals surface area contributed by atoms with Gasteiger partial charge in [-0.2, -0.15) is 0 Å². The van der Waals surface area contributed by atoms with Crippen LogP contribution < -0.4 is 5.32 Å². The van der Waals surface area contributed by atoms with Crippen molar-refractivity contribution in [1.29, 1.82) is 0 Å². The molecule has 10 heteroatoms. The Hall–Kier alpha value is -4.54. The Morgan fingerprint density at radius 2 is 1.06 bits per heavy atom. The molecule has 1 N–H and O–H groups in total. The van der Waals surface area contributed by atoms with Crippen LogP contribution in [0, 0.1) is 0 Å². The summed E-state index contributed by atoms with van der Waals surface area (Å²) in [6, 6.07) is 32.5. The zero-order valence-corrected chi connectivity index (χ0v) is 32.4. The lowest BCUT2D eigenvalue weighted by atomic mass is 9.97. The van der Waals surface area contributed by atoms with Gasteiger partial charge in [-0.05, 0) is 72.2 Å². The van der Waals surface area contributed by atoms with Crippen molar-refractivity contribution in [3.05, 3.63) is 119 Å². The second kappa shape index (κ2) is 16.4. The molecule has 0 bridgehead atoms. The molecule has 2 amide bonds. The Bertz CT molecular complexity index is 1870. The molecule has 0 heterocycles. The number of carbonyl (C=O) groups is 4. The molecule has 2 aliphatic carbocycles. The van der Waals surface area contributed by atoms with E-state index in [1.165, 1.54) is 59.8 Å². The molecule has 0 aromatic heterocycles. The van der Waals surface area contributed by atoms with E-state index in [-0.39, 0.29) is 28.8 Å². The molecular weight excluding hydrogens is 693 g/mol. The summed E-state index contributed by atoms with van der Waals surface area (Å²) >= 11 is 2.42. The Kier molecular flexibility index (Phi) is 12.2. The number of benzene rings is 4. The van der Waals surface area contributed by atoms with Gasteiger partial charge in [0.1, 0.15) is 6.61 Å². The molecule has 4 aromatic rings. The van der Waals surface area contributed by atoms with Gasteiger partial charge in [-0.3, -0.25) is 14.5 Å². The van der Waals surface area contributed by atoms with E-state index in [9.17, 15) is 19.2 Å². The van der Waals surface area contributed by atoms with Gasteiger partial charge < -0.3 is 14.8 Å². The second-order valence-corrected chi connectivity index (χ2v) is 16.4. The van der Waals surface area contributed by atoms with Crippen molar-refractivity contribution in [3.8, 4) is 22.3 Å². The minimum absolute atomic E-state index is 0.0346. The van der Waals surface area contributed by atoms with Gasteiger partial charge in [0.05, 0.1) is 18.7 Å². The van der Waals surface area contributed by atoms with E-state index < -0.39 is 23.3 Å². The van der Waals surface area contributed by atoms with E-state index in [2.05, 4.69) is 53.8 Å². The fraction of sp³-hybridized carbons (Fsp3) is 0.333. The SMILES string of the molecule is CC(=O)SCC(C)(C)NC(=O)OCC1c2ccccc2-c2ccccc21.COC(=O)N(C1c2ccccc2-c2ccccc21)C(C)(C)CSC(C)=O. The molecule has 52 heavy (non-hydrogen) atoms. The fourth-order valence-electron chi connectivity index (χ4n) is 6.78. The first-order chi connectivity index (χ1) is 24.7. The second-order valence-electron chi connectivity index (χ2n) is 14.1. The molecule has 272 valence electrons. The zero-order valence-electron chi connectivity index (χ0n) is 30.7. The summed E-state index contributed by atoms with van der Waals surface area (Å²) in [4.78, 5) is 49.5. The number of nitrogens with one attached hydrogen (secondary N) is 1. The number of hydrogen-bond donors (Lipinski definition) is 1. The van der Waals surface area contributed by atoms with Crippen LogP contribution in [0.5, 0.6) is 0 Å². The van der Waals surface area contributed by atoms with Crippen molar-refractivity contribution in [2.75, 3.05) is 25.2 Å². The largest absolute Gasteiger partial charge is 0.453 e. The van der Waals surface area contributed by atoms with Gasteiger partial charge in [-0.15, -0.1) is 0 Å². The van der Waals surface area contributed by atoms with Crippen LogP contribution in [0.4, 0.5) is 9.59 Å². The molecule has 4 aromatic carbocycles. The van der Waals surface area contributed by atoms with Crippen LogP contribution in [0.15, 0.2) is 97.1 Å². The molecule has 0 atom stereocenters. The Balaban J connectivity index is 0.000000201. The normalized spacial score (nSPS) is 13.1. The van der Waals surface area contributed by atoms with Crippen LogP contribution >= 0.6 is 23.5 Å². The van der Waals surface area contributed by atoms with Gasteiger partial charge >= 0.3 is 12.2 Å². The summed E-state index contributed by atoms with van der Waals surface area (Å²) in [7, 11) is 1.40. The minimum atomic E-state index is -0.571. The van der Waals surface area contributed by atoms with Gasteiger partial charge in [0, 0.05) is 36.8 Å². The van der Waals surface area contributed by atoms with E-state index in [4.69, 9.17) is 9.47 Å². The molecule has 0 unspecified atom stereocenters. The highest BCUT2D eigenvalue weighted by atomic mass is 32.2. The third-order valence-electron chi connectivity index (χ3n) is 9.13. The molecule has 0 aliphatic heterocycles. The maximum Gasteiger partial charge on any atom is 0.410 e. The van der Waals surface area contributed by atoms with E-state index >= 15 is 0 Å². The maximum atomic E-state index is 12.8. The van der Waals surface area contributed by atoms with Crippen LogP contribution in [0.25, 0.3) is 22.3 Å². The molecule has 0 radical (unpaired) electrons. The summed E-state index contributed by atoms with van der Waals surface area (Å²) in [6.45, 7) is 11.1. The van der Waals surface area contributed by atoms with Crippen LogP contribution in [0.2, 0.25) is 0 Å². The average Bonchev–Trinajstić information content (AvgIpc) is 3.62. The number of nitrogens with zero attached hydrogens (tertiary/aromatic N) is 1. The number of methoxy groups -OCH3 is 1. The van der Waals surface area contributed by atoms with Gasteiger partial charge in [0.25, 0.3) is 0 Å². The predicted octanol–water partition coefficient (Wildman–Crippen LogP) is 9.47. The summed E-state index contributed by atoms with van der Waals surface area (Å²) < 4.78 is 10.7. The van der Waals surface area contributed by atoms with E-state index in [0.717, 1.165) is 22.3 Å². The molecule has 0 saturated heterocycles. The first-order valence-electron chi connectivity index (χ1n) is 17.2. The average molecular weight is 739 g/mol. The van der Waals surface area contributed by atoms with Crippen molar-refractivity contribution in [2.24, 2.45) is 0 Å². The first kappa shape index (κ1) is 38.7. The third kappa shape index (κ3) is 8.73. The van der Waals surface area contributed by atoms with Crippen LogP contribution in [0.3, 0.4) is 0 Å². The topological polar surface area (TPSA) is 102 Å². The minimum Gasteiger partial charge on any atom is -0.453 e. The number of amides is 2. The van der Waals surface area contributed by atoms with Gasteiger partial charge in [-0.25, -0.2) is 9.59 Å². The Morgan fingerprint density at radius 1 is 0.654 bits per heavy atom. The molecule has 0 spiro atoms. The van der Waals surface area contributed by atoms with Gasteiger partial charge in [0.15, 0.2) is 10.2 Å². The van der Waals surface area contributed by atoms with Crippen molar-refractivity contribution >= 4 is 45.9 Å². The highest BCUT2D eigenvalue weighted by Gasteiger charge is 2.43. The standard InChI is InChI=1S/2C21H23NO3S/c1-14(23)26-13-21(2,3)22(20(24)25-4)19-17-11-7-5-9-15(17)16-10-6-8-12-18(16)19;1-14(23)26-13-21(2,3)22-20(24)25-12-19-17-10-6-4-8-15(17)16-9-5-7-11-18(16)19/h5-12,19H,13H2,1-4H3;4-11,19H,12-13H2,1-3H3,(H,22,24). The van der Waals surface area contributed by atoms with Gasteiger partial charge in [0.2, 0.25) is 0 Å². The van der Waals surface area contributed by atoms with E-state index in [1.807, 2.05) is 76.2 Å². The number of alkyl carbamates (subject to hydrolysis) is 1. The summed E-state index contributed by atoms with van der Waals surface area (Å²) in [5.74, 6) is 1.05. The third-order valence-corrected chi connectivity index (χ3v) is 11.7. The number of ether oxygens (including phenoxy) is 2. The highest BCUT2D eigenvalue weighted by Crippen LogP contribution is 2.49. The van der Waals surface area contributed by atoms with Crippen molar-refractivity contribution in [1.82, 2.24) is 10.2 Å². The number of carbonyl (C=O) groups excluding carboxylic acids is 4. The van der Waals surface area contributed by atoms with Crippen molar-refractivity contribution < 1.29 is 28.7 Å². The highest BCUT2D eigenvalue weighted by molar-refractivity contribution is 8.13. The number of fused-ring (bicyclic) bond motifs is 6. The lowest BCUT2D eigenvalue weighted by Gasteiger charge is -2.41. The molecule has 0 saturated carbocycles. The lowest BCUT2D eigenvalue weighted by molar-refractivity contribution is -0.110. The monoisotopic (exact) mass is 738 g/mol. The Labute approximate surface area is 315 Å². The molecule has 2 aliphatic rings. The number of hydrogen-bond acceptors (Lipinski definition) is 8. The smallest absolute Gasteiger partial charge is 0.410 e. The summed E-state index contributed by atoms with van der Waals surface area (Å²) in [5, 5.41) is 2.92. The number of rotatable bonds is 9. The van der Waals surface area contributed by atoms with Gasteiger partial charge in [-0.1, -0.05) is 121 Å². The summed E-state index contributed by atoms with van der Waals surface area (Å²) in [5.41, 5.74) is 8.14. The maximum absolute atomic E-state index is 12.8. The van der Waals surface area contributed by atoms with Crippen LogP contribution in [0.1, 0.15) is 75.8 Å². The molecular formula is C42H46N2O6S2. The lowest BCUT2D eigenvalue weighted by Crippen LogP contribution is -2.51. The van der Waals surface area contributed by atoms with Crippen molar-refractivity contribution in [3.63, 3.8) is 0 Å². The van der Waals surface area contributed by atoms with Crippen LogP contribution in [-0.2, 0) is 19.1 Å². The quantitative estimate of drug-likeness (QED) is 0.181. The van der Waals surface area contributed by atoms with Crippen LogP contribution in [-0.4, -0.2) is 63.6 Å². The molecule has 6 rings (SSSR count). The van der Waals surface area contributed by atoms with E-state index in [1.54, 1.807) is 11.8 Å². The molecule has 8 nitrogen and oxygen atoms in total. The number of thioether (sulfide) groups is 2. The molecule has 0 fully saturated rings. The van der Waals surface area contributed by atoms with Crippen molar-refractivity contribution in [2.45, 2.75) is 64.6 Å². The fourth-order valence-corrected chi connectivity index (χ4v) is 8.12.